The van der Waals surface area contributed by atoms with E-state index in [1.165, 1.54) is 0 Å². The molecule has 94 valence electrons. The average molecular weight is 371 g/mol. The molecule has 2 N–H and O–H groups in total. The van der Waals surface area contributed by atoms with Crippen molar-refractivity contribution >= 4 is 37.7 Å². The summed E-state index contributed by atoms with van der Waals surface area (Å²) < 4.78 is 1.97. The molecule has 5 heteroatoms. The van der Waals surface area contributed by atoms with Gasteiger partial charge < -0.3 is 5.73 Å². The van der Waals surface area contributed by atoms with E-state index in [4.69, 9.17) is 5.73 Å². The first-order valence-corrected chi connectivity index (χ1v) is 7.16. The van der Waals surface area contributed by atoms with Crippen molar-refractivity contribution in [3.63, 3.8) is 0 Å². The van der Waals surface area contributed by atoms with Gasteiger partial charge in [-0.2, -0.15) is 0 Å². The quantitative estimate of drug-likeness (QED) is 0.853. The highest BCUT2D eigenvalue weighted by molar-refractivity contribution is 9.13. The maximum absolute atomic E-state index is 5.83. The molecule has 0 saturated carbocycles. The largest absolute Gasteiger partial charge is 0.384 e. The van der Waals surface area contributed by atoms with Crippen LogP contribution in [0, 0.1) is 0 Å². The van der Waals surface area contributed by atoms with Crippen LogP contribution in [-0.4, -0.2) is 9.97 Å². The molecule has 1 aromatic heterocycles. The summed E-state index contributed by atoms with van der Waals surface area (Å²) in [7, 11) is 0. The number of nitrogen functional groups attached to an aromatic ring is 1. The number of aromatic nitrogens is 2. The third-order valence-corrected chi connectivity index (χ3v) is 4.41. The molecule has 3 nitrogen and oxygen atoms in total. The number of rotatable bonds is 2. The average Bonchev–Trinajstić information content (AvgIpc) is 2.31. The highest BCUT2D eigenvalue weighted by Gasteiger charge is 2.09. The van der Waals surface area contributed by atoms with Crippen LogP contribution < -0.4 is 5.73 Å². The predicted octanol–water partition coefficient (Wildman–Crippen LogP) is 4.37. The van der Waals surface area contributed by atoms with Crippen molar-refractivity contribution in [1.82, 2.24) is 9.97 Å². The van der Waals surface area contributed by atoms with E-state index in [1.807, 2.05) is 24.3 Å². The number of nitrogens with two attached hydrogens (primary N) is 1. The molecule has 0 atom stereocenters. The molecular formula is C13H13Br2N3. The summed E-state index contributed by atoms with van der Waals surface area (Å²) in [6.07, 6.45) is 0. The zero-order chi connectivity index (χ0) is 13.3. The Balaban J connectivity index is 2.53. The molecule has 1 heterocycles. The van der Waals surface area contributed by atoms with E-state index in [0.29, 0.717) is 17.6 Å². The van der Waals surface area contributed by atoms with Gasteiger partial charge in [0.2, 0.25) is 0 Å². The summed E-state index contributed by atoms with van der Waals surface area (Å²) in [5, 5.41) is 0. The second kappa shape index (κ2) is 5.36. The summed E-state index contributed by atoms with van der Waals surface area (Å²) in [5.74, 6) is 1.49. The maximum Gasteiger partial charge on any atom is 0.161 e. The van der Waals surface area contributed by atoms with Crippen molar-refractivity contribution in [2.45, 2.75) is 19.8 Å². The van der Waals surface area contributed by atoms with E-state index in [9.17, 15) is 0 Å². The van der Waals surface area contributed by atoms with Gasteiger partial charge in [-0.3, -0.25) is 0 Å². The molecular weight excluding hydrogens is 358 g/mol. The lowest BCUT2D eigenvalue weighted by atomic mass is 10.1. The van der Waals surface area contributed by atoms with Crippen molar-refractivity contribution in [3.8, 4) is 11.4 Å². The van der Waals surface area contributed by atoms with E-state index >= 15 is 0 Å². The van der Waals surface area contributed by atoms with Crippen molar-refractivity contribution in [3.05, 3.63) is 38.9 Å². The molecule has 0 unspecified atom stereocenters. The van der Waals surface area contributed by atoms with Crippen molar-refractivity contribution in [1.29, 1.82) is 0 Å². The van der Waals surface area contributed by atoms with Crippen LogP contribution in [0.5, 0.6) is 0 Å². The normalized spacial score (nSPS) is 10.9. The molecule has 0 aliphatic rings. The van der Waals surface area contributed by atoms with E-state index in [0.717, 1.165) is 20.2 Å². The van der Waals surface area contributed by atoms with Gasteiger partial charge in [-0.05, 0) is 56.0 Å². The molecule has 2 rings (SSSR count). The number of halogens is 2. The first kappa shape index (κ1) is 13.5. The summed E-state index contributed by atoms with van der Waals surface area (Å²) in [6.45, 7) is 4.17. The molecule has 0 saturated heterocycles. The lowest BCUT2D eigenvalue weighted by molar-refractivity contribution is 0.818. The van der Waals surface area contributed by atoms with Gasteiger partial charge in [0.1, 0.15) is 5.82 Å². The van der Waals surface area contributed by atoms with E-state index in [2.05, 4.69) is 55.7 Å². The second-order valence-corrected chi connectivity index (χ2v) is 6.03. The Bertz CT molecular complexity index is 582. The van der Waals surface area contributed by atoms with Gasteiger partial charge in [-0.1, -0.05) is 13.8 Å². The predicted molar refractivity (Wildman–Crippen MR) is 81.4 cm³/mol. The second-order valence-electron chi connectivity index (χ2n) is 4.32. The van der Waals surface area contributed by atoms with Crippen LogP contribution >= 0.6 is 31.9 Å². The van der Waals surface area contributed by atoms with Gasteiger partial charge in [0, 0.05) is 26.3 Å². The zero-order valence-corrected chi connectivity index (χ0v) is 13.3. The SMILES string of the molecule is CC(C)c1cc(N)nc(-c2ccc(Br)c(Br)c2)n1. The molecule has 0 spiro atoms. The third kappa shape index (κ3) is 2.90. The number of nitrogens with zero attached hydrogens (tertiary/aromatic N) is 2. The van der Waals surface area contributed by atoms with Crippen molar-refractivity contribution in [2.24, 2.45) is 0 Å². The third-order valence-electron chi connectivity index (χ3n) is 2.54. The fraction of sp³-hybridized carbons (Fsp3) is 0.231. The minimum absolute atomic E-state index is 0.327. The Hall–Kier alpha value is -0.940. The Labute approximate surface area is 123 Å². The number of anilines is 1. The molecule has 2 aromatic rings. The van der Waals surface area contributed by atoms with Crippen LogP contribution in [-0.2, 0) is 0 Å². The van der Waals surface area contributed by atoms with Crippen LogP contribution in [0.15, 0.2) is 33.2 Å². The van der Waals surface area contributed by atoms with Crippen LogP contribution in [0.1, 0.15) is 25.5 Å². The van der Waals surface area contributed by atoms with Crippen molar-refractivity contribution < 1.29 is 0 Å². The topological polar surface area (TPSA) is 51.8 Å². The smallest absolute Gasteiger partial charge is 0.161 e. The van der Waals surface area contributed by atoms with Crippen molar-refractivity contribution in [2.75, 3.05) is 5.73 Å². The highest BCUT2D eigenvalue weighted by atomic mass is 79.9. The van der Waals surface area contributed by atoms with Crippen LogP contribution in [0.3, 0.4) is 0 Å². The minimum atomic E-state index is 0.327. The molecule has 0 aliphatic heterocycles. The summed E-state index contributed by atoms with van der Waals surface area (Å²) in [5.41, 5.74) is 7.73. The lowest BCUT2D eigenvalue weighted by Gasteiger charge is -2.09. The first-order valence-electron chi connectivity index (χ1n) is 5.57. The standard InChI is InChI=1S/C13H13Br2N3/c1-7(2)11-6-12(16)18-13(17-11)8-3-4-9(14)10(15)5-8/h3-7H,1-2H3,(H2,16,17,18). The van der Waals surface area contributed by atoms with E-state index in [1.54, 1.807) is 0 Å². The Morgan fingerprint density at radius 3 is 2.39 bits per heavy atom. The monoisotopic (exact) mass is 369 g/mol. The number of hydrogen-bond acceptors (Lipinski definition) is 3. The minimum Gasteiger partial charge on any atom is -0.384 e. The lowest BCUT2D eigenvalue weighted by Crippen LogP contribution is -2.01. The maximum atomic E-state index is 5.83. The van der Waals surface area contributed by atoms with Crippen LogP contribution in [0.2, 0.25) is 0 Å². The molecule has 0 fully saturated rings. The molecule has 1 aromatic carbocycles. The van der Waals surface area contributed by atoms with E-state index < -0.39 is 0 Å². The van der Waals surface area contributed by atoms with Gasteiger partial charge in [0.15, 0.2) is 5.82 Å². The van der Waals surface area contributed by atoms with E-state index in [-0.39, 0.29) is 0 Å². The number of benzene rings is 1. The Kier molecular flexibility index (Phi) is 4.02. The molecule has 18 heavy (non-hydrogen) atoms. The Morgan fingerprint density at radius 2 is 1.78 bits per heavy atom. The van der Waals surface area contributed by atoms with Gasteiger partial charge in [-0.25, -0.2) is 9.97 Å². The number of hydrogen-bond donors (Lipinski definition) is 1. The zero-order valence-electron chi connectivity index (χ0n) is 10.1. The molecule has 0 radical (unpaired) electrons. The summed E-state index contributed by atoms with van der Waals surface area (Å²) in [4.78, 5) is 8.83. The van der Waals surface area contributed by atoms with Gasteiger partial charge in [-0.15, -0.1) is 0 Å². The van der Waals surface area contributed by atoms with Crippen LogP contribution in [0.25, 0.3) is 11.4 Å². The Morgan fingerprint density at radius 1 is 1.06 bits per heavy atom. The molecule has 0 aliphatic carbocycles. The summed E-state index contributed by atoms with van der Waals surface area (Å²) >= 11 is 6.92. The van der Waals surface area contributed by atoms with Gasteiger partial charge in [0.25, 0.3) is 0 Å². The molecule has 0 amide bonds. The fourth-order valence-electron chi connectivity index (χ4n) is 1.55. The van der Waals surface area contributed by atoms with Crippen LogP contribution in [0.4, 0.5) is 5.82 Å². The molecule has 0 bridgehead atoms. The van der Waals surface area contributed by atoms with Gasteiger partial charge >= 0.3 is 0 Å². The summed E-state index contributed by atoms with van der Waals surface area (Å²) in [6, 6.07) is 7.72. The van der Waals surface area contributed by atoms with Gasteiger partial charge in [0.05, 0.1) is 0 Å². The first-order chi connectivity index (χ1) is 8.47. The fourth-order valence-corrected chi connectivity index (χ4v) is 2.17. The highest BCUT2D eigenvalue weighted by Crippen LogP contribution is 2.28.